The first kappa shape index (κ1) is 14.2. The summed E-state index contributed by atoms with van der Waals surface area (Å²) in [5, 5.41) is 3.18. The van der Waals surface area contributed by atoms with Crippen molar-refractivity contribution < 1.29 is 4.74 Å². The van der Waals surface area contributed by atoms with E-state index in [0.29, 0.717) is 0 Å². The largest absolute Gasteiger partial charge is 0.479 e. The molecule has 4 nitrogen and oxygen atoms in total. The second-order valence-corrected chi connectivity index (χ2v) is 6.45. The lowest BCUT2D eigenvalue weighted by molar-refractivity contribution is 0.236. The van der Waals surface area contributed by atoms with Crippen molar-refractivity contribution in [2.45, 2.75) is 31.7 Å². The topological polar surface area (TPSA) is 46.5 Å². The van der Waals surface area contributed by atoms with E-state index in [4.69, 9.17) is 9.73 Å². The Balaban J connectivity index is 1.73. The second-order valence-electron chi connectivity index (χ2n) is 6.45. The Bertz CT molecular complexity index is 784. The first-order valence-corrected chi connectivity index (χ1v) is 8.13. The van der Waals surface area contributed by atoms with Gasteiger partial charge in [0.05, 0.1) is 0 Å². The summed E-state index contributed by atoms with van der Waals surface area (Å²) in [4.78, 5) is 9.20. The Labute approximate surface area is 136 Å². The number of pyridine rings is 1. The molecule has 4 rings (SSSR count). The molecular formula is C19H21N3O. The molecule has 0 radical (unpaired) electrons. The fraction of sp³-hybridized carbons (Fsp3) is 0.368. The van der Waals surface area contributed by atoms with Crippen LogP contribution in [0.3, 0.4) is 0 Å². The highest BCUT2D eigenvalue weighted by atomic mass is 16.5. The molecule has 1 atom stereocenters. The van der Waals surface area contributed by atoms with E-state index in [1.165, 1.54) is 16.7 Å². The fourth-order valence-electron chi connectivity index (χ4n) is 3.71. The SMILES string of the molecule is CNc1ncccc1-c1ccc2c(c1)C[C@]1(CC2)COC(C)=N1. The molecule has 1 aliphatic carbocycles. The van der Waals surface area contributed by atoms with Crippen molar-refractivity contribution in [3.63, 3.8) is 0 Å². The Hall–Kier alpha value is -2.36. The molecule has 1 aromatic heterocycles. The minimum absolute atomic E-state index is 0.0452. The van der Waals surface area contributed by atoms with Crippen molar-refractivity contribution in [3.8, 4) is 11.1 Å². The van der Waals surface area contributed by atoms with Crippen LogP contribution in [0.15, 0.2) is 41.5 Å². The van der Waals surface area contributed by atoms with Gasteiger partial charge in [0.15, 0.2) is 5.90 Å². The van der Waals surface area contributed by atoms with Gasteiger partial charge >= 0.3 is 0 Å². The standard InChI is InChI=1S/C19H21N3O/c1-13-22-19(12-23-13)8-7-14-5-6-15(10-16(14)11-19)17-4-3-9-21-18(17)20-2/h3-6,9-10H,7-8,11-12H2,1-2H3,(H,20,21)/t19-/m1/s1. The van der Waals surface area contributed by atoms with Gasteiger partial charge in [-0.1, -0.05) is 18.2 Å². The molecule has 2 heterocycles. The lowest BCUT2D eigenvalue weighted by Crippen LogP contribution is -2.35. The van der Waals surface area contributed by atoms with Gasteiger partial charge in [-0.05, 0) is 41.7 Å². The number of aliphatic imine (C=N–C) groups is 1. The molecule has 1 aliphatic heterocycles. The normalized spacial score (nSPS) is 22.4. The van der Waals surface area contributed by atoms with Crippen LogP contribution in [0.25, 0.3) is 11.1 Å². The van der Waals surface area contributed by atoms with E-state index in [-0.39, 0.29) is 5.54 Å². The molecule has 1 aromatic carbocycles. The van der Waals surface area contributed by atoms with Gasteiger partial charge in [0, 0.05) is 32.2 Å². The molecular weight excluding hydrogens is 286 g/mol. The van der Waals surface area contributed by atoms with E-state index >= 15 is 0 Å². The third-order valence-electron chi connectivity index (χ3n) is 4.89. The third-order valence-corrected chi connectivity index (χ3v) is 4.89. The quantitative estimate of drug-likeness (QED) is 0.924. The molecule has 0 unspecified atom stereocenters. The summed E-state index contributed by atoms with van der Waals surface area (Å²) in [7, 11) is 1.91. The van der Waals surface area contributed by atoms with Gasteiger partial charge < -0.3 is 10.1 Å². The van der Waals surface area contributed by atoms with Crippen molar-refractivity contribution in [1.29, 1.82) is 0 Å². The van der Waals surface area contributed by atoms with Crippen LogP contribution in [0.4, 0.5) is 5.82 Å². The summed E-state index contributed by atoms with van der Waals surface area (Å²) in [6.07, 6.45) is 4.92. The van der Waals surface area contributed by atoms with Crippen LogP contribution in [-0.2, 0) is 17.6 Å². The number of aromatic nitrogens is 1. The number of benzene rings is 1. The molecule has 0 saturated carbocycles. The number of fused-ring (bicyclic) bond motifs is 1. The van der Waals surface area contributed by atoms with Crippen LogP contribution in [0.1, 0.15) is 24.5 Å². The maximum Gasteiger partial charge on any atom is 0.180 e. The van der Waals surface area contributed by atoms with Gasteiger partial charge in [0.1, 0.15) is 18.0 Å². The number of anilines is 1. The number of ether oxygens (including phenoxy) is 1. The smallest absolute Gasteiger partial charge is 0.180 e. The lowest BCUT2D eigenvalue weighted by Gasteiger charge is -2.30. The number of nitrogens with zero attached hydrogens (tertiary/aromatic N) is 2. The Kier molecular flexibility index (Phi) is 3.33. The number of hydrogen-bond donors (Lipinski definition) is 1. The number of hydrogen-bond acceptors (Lipinski definition) is 4. The van der Waals surface area contributed by atoms with E-state index in [2.05, 4.69) is 34.6 Å². The van der Waals surface area contributed by atoms with Crippen molar-refractivity contribution in [2.24, 2.45) is 4.99 Å². The average Bonchev–Trinajstić information content (AvgIpc) is 2.94. The number of nitrogens with one attached hydrogen (secondary N) is 1. The summed E-state index contributed by atoms with van der Waals surface area (Å²) in [5.74, 6) is 1.74. The molecule has 0 bridgehead atoms. The highest BCUT2D eigenvalue weighted by Crippen LogP contribution is 2.37. The number of aryl methyl sites for hydroxylation is 1. The van der Waals surface area contributed by atoms with Gasteiger partial charge in [0.25, 0.3) is 0 Å². The minimum Gasteiger partial charge on any atom is -0.479 e. The van der Waals surface area contributed by atoms with E-state index in [0.717, 1.165) is 43.1 Å². The second kappa shape index (κ2) is 5.37. The van der Waals surface area contributed by atoms with Crippen LogP contribution >= 0.6 is 0 Å². The molecule has 0 saturated heterocycles. The summed E-state index contributed by atoms with van der Waals surface area (Å²) in [5.41, 5.74) is 5.13. The van der Waals surface area contributed by atoms with E-state index < -0.39 is 0 Å². The minimum atomic E-state index is -0.0452. The lowest BCUT2D eigenvalue weighted by atomic mass is 9.78. The summed E-state index contributed by atoms with van der Waals surface area (Å²) < 4.78 is 5.64. The zero-order chi connectivity index (χ0) is 15.9. The highest BCUT2D eigenvalue weighted by molar-refractivity contribution is 5.77. The summed E-state index contributed by atoms with van der Waals surface area (Å²) >= 11 is 0. The molecule has 4 heteroatoms. The van der Waals surface area contributed by atoms with E-state index in [1.54, 1.807) is 0 Å². The molecule has 1 spiro atoms. The molecule has 0 fully saturated rings. The zero-order valence-corrected chi connectivity index (χ0v) is 13.6. The molecule has 2 aromatic rings. The van der Waals surface area contributed by atoms with Crippen molar-refractivity contribution >= 4 is 11.7 Å². The number of rotatable bonds is 2. The van der Waals surface area contributed by atoms with Gasteiger partial charge in [-0.25, -0.2) is 9.98 Å². The Morgan fingerprint density at radius 1 is 1.22 bits per heavy atom. The maximum atomic E-state index is 5.64. The van der Waals surface area contributed by atoms with Crippen LogP contribution < -0.4 is 5.32 Å². The average molecular weight is 307 g/mol. The van der Waals surface area contributed by atoms with Crippen LogP contribution in [0.2, 0.25) is 0 Å². The highest BCUT2D eigenvalue weighted by Gasteiger charge is 2.38. The first-order valence-electron chi connectivity index (χ1n) is 8.13. The molecule has 0 amide bonds. The molecule has 118 valence electrons. The van der Waals surface area contributed by atoms with Crippen molar-refractivity contribution in [1.82, 2.24) is 4.98 Å². The maximum absolute atomic E-state index is 5.64. The monoisotopic (exact) mass is 307 g/mol. The summed E-state index contributed by atoms with van der Waals surface area (Å²) in [6.45, 7) is 2.67. The van der Waals surface area contributed by atoms with Gasteiger partial charge in [-0.15, -0.1) is 0 Å². The van der Waals surface area contributed by atoms with Gasteiger partial charge in [0.2, 0.25) is 0 Å². The van der Waals surface area contributed by atoms with Gasteiger partial charge in [-0.2, -0.15) is 0 Å². The molecule has 23 heavy (non-hydrogen) atoms. The van der Waals surface area contributed by atoms with Crippen molar-refractivity contribution in [3.05, 3.63) is 47.7 Å². The fourth-order valence-corrected chi connectivity index (χ4v) is 3.71. The zero-order valence-electron chi connectivity index (χ0n) is 13.6. The van der Waals surface area contributed by atoms with E-state index in [1.807, 2.05) is 26.2 Å². The predicted molar refractivity (Wildman–Crippen MR) is 93.0 cm³/mol. The summed E-state index contributed by atoms with van der Waals surface area (Å²) in [6, 6.07) is 10.9. The Morgan fingerprint density at radius 2 is 2.13 bits per heavy atom. The third kappa shape index (κ3) is 2.48. The first-order chi connectivity index (χ1) is 11.2. The molecule has 2 aliphatic rings. The van der Waals surface area contributed by atoms with Crippen LogP contribution in [0, 0.1) is 0 Å². The van der Waals surface area contributed by atoms with E-state index in [9.17, 15) is 0 Å². The van der Waals surface area contributed by atoms with Crippen molar-refractivity contribution in [2.75, 3.05) is 19.0 Å². The van der Waals surface area contributed by atoms with Gasteiger partial charge in [-0.3, -0.25) is 0 Å². The predicted octanol–water partition coefficient (Wildman–Crippen LogP) is 3.47. The van der Waals surface area contributed by atoms with Crippen LogP contribution in [0.5, 0.6) is 0 Å². The molecule has 1 N–H and O–H groups in total. The van der Waals surface area contributed by atoms with Crippen LogP contribution in [-0.4, -0.2) is 30.1 Å². The Morgan fingerprint density at radius 3 is 2.91 bits per heavy atom.